The van der Waals surface area contributed by atoms with Crippen LogP contribution in [0.5, 0.6) is 0 Å². The molecule has 1 amide bonds. The molecule has 0 fully saturated rings. The molecule has 2 rings (SSSR count). The first kappa shape index (κ1) is 14.7. The Morgan fingerprint density at radius 1 is 1.45 bits per heavy atom. The molecular formula is C12H12BrN3O3S. The number of rotatable bonds is 4. The van der Waals surface area contributed by atoms with Gasteiger partial charge in [0.2, 0.25) is 0 Å². The Balaban J connectivity index is 2.14. The highest BCUT2D eigenvalue weighted by Gasteiger charge is 2.30. The van der Waals surface area contributed by atoms with Crippen molar-refractivity contribution >= 4 is 44.8 Å². The van der Waals surface area contributed by atoms with E-state index in [1.807, 2.05) is 0 Å². The number of carboxylic acid groups (broad SMARTS) is 1. The van der Waals surface area contributed by atoms with Crippen molar-refractivity contribution in [3.63, 3.8) is 0 Å². The molecule has 106 valence electrons. The Morgan fingerprint density at radius 2 is 2.15 bits per heavy atom. The van der Waals surface area contributed by atoms with Crippen molar-refractivity contribution in [2.75, 3.05) is 5.32 Å². The molecule has 0 saturated carbocycles. The van der Waals surface area contributed by atoms with Crippen molar-refractivity contribution < 1.29 is 14.7 Å². The van der Waals surface area contributed by atoms with Crippen LogP contribution in [-0.4, -0.2) is 26.8 Å². The van der Waals surface area contributed by atoms with Crippen molar-refractivity contribution in [2.45, 2.75) is 19.4 Å². The number of halogens is 1. The minimum atomic E-state index is -1.17. The zero-order chi connectivity index (χ0) is 14.9. The zero-order valence-corrected chi connectivity index (χ0v) is 13.2. The molecule has 0 atom stereocenters. The number of thiophene rings is 1. The Hall–Kier alpha value is -1.67. The molecular weight excluding hydrogens is 346 g/mol. The van der Waals surface area contributed by atoms with Gasteiger partial charge in [-0.3, -0.25) is 9.48 Å². The van der Waals surface area contributed by atoms with E-state index in [0.717, 1.165) is 3.79 Å². The predicted octanol–water partition coefficient (Wildman–Crippen LogP) is 2.78. The van der Waals surface area contributed by atoms with E-state index < -0.39 is 11.5 Å². The number of aliphatic carboxylic acids is 1. The van der Waals surface area contributed by atoms with Crippen molar-refractivity contribution in [1.82, 2.24) is 9.78 Å². The molecule has 2 heterocycles. The largest absolute Gasteiger partial charge is 0.479 e. The number of hydrogen-bond acceptors (Lipinski definition) is 4. The lowest BCUT2D eigenvalue weighted by molar-refractivity contribution is -0.146. The van der Waals surface area contributed by atoms with E-state index in [1.165, 1.54) is 42.3 Å². The number of amides is 1. The summed E-state index contributed by atoms with van der Waals surface area (Å²) in [6.45, 7) is 3.06. The summed E-state index contributed by atoms with van der Waals surface area (Å²) < 4.78 is 2.17. The minimum Gasteiger partial charge on any atom is -0.479 e. The zero-order valence-electron chi connectivity index (χ0n) is 10.8. The highest BCUT2D eigenvalue weighted by Crippen LogP contribution is 2.23. The SMILES string of the molecule is CC(C)(C(=O)O)n1cc(NC(=O)c2ccc(Br)s2)cn1. The number of carboxylic acids is 1. The monoisotopic (exact) mass is 357 g/mol. The van der Waals surface area contributed by atoms with Crippen molar-refractivity contribution in [1.29, 1.82) is 0 Å². The third-order valence-corrected chi connectivity index (χ3v) is 4.36. The average molecular weight is 358 g/mol. The number of aromatic nitrogens is 2. The van der Waals surface area contributed by atoms with Gasteiger partial charge in [0, 0.05) is 6.20 Å². The van der Waals surface area contributed by atoms with Crippen LogP contribution in [0.15, 0.2) is 28.3 Å². The fraction of sp³-hybridized carbons (Fsp3) is 0.250. The summed E-state index contributed by atoms with van der Waals surface area (Å²) in [5, 5.41) is 15.8. The van der Waals surface area contributed by atoms with Crippen LogP contribution in [0.25, 0.3) is 0 Å². The molecule has 2 aromatic heterocycles. The van der Waals surface area contributed by atoms with Crippen LogP contribution >= 0.6 is 27.3 Å². The van der Waals surface area contributed by atoms with Crippen LogP contribution in [-0.2, 0) is 10.3 Å². The normalized spacial score (nSPS) is 11.3. The van der Waals surface area contributed by atoms with E-state index in [1.54, 1.807) is 12.1 Å². The number of hydrogen-bond donors (Lipinski definition) is 2. The number of nitrogens with one attached hydrogen (secondary N) is 1. The molecule has 2 aromatic rings. The van der Waals surface area contributed by atoms with Gasteiger partial charge in [0.1, 0.15) is 0 Å². The van der Waals surface area contributed by atoms with E-state index in [4.69, 9.17) is 5.11 Å². The smallest absolute Gasteiger partial charge is 0.331 e. The molecule has 6 nitrogen and oxygen atoms in total. The van der Waals surface area contributed by atoms with Gasteiger partial charge in [0.25, 0.3) is 5.91 Å². The van der Waals surface area contributed by atoms with Gasteiger partial charge in [-0.1, -0.05) is 0 Å². The topological polar surface area (TPSA) is 84.2 Å². The summed E-state index contributed by atoms with van der Waals surface area (Å²) in [5.41, 5.74) is -0.719. The number of carbonyl (C=O) groups is 2. The maximum absolute atomic E-state index is 11.9. The van der Waals surface area contributed by atoms with Crippen LogP contribution in [0.4, 0.5) is 5.69 Å². The first-order valence-electron chi connectivity index (χ1n) is 5.66. The van der Waals surface area contributed by atoms with Crippen molar-refractivity contribution in [3.8, 4) is 0 Å². The molecule has 0 aliphatic carbocycles. The molecule has 8 heteroatoms. The van der Waals surface area contributed by atoms with E-state index in [0.29, 0.717) is 10.6 Å². The Morgan fingerprint density at radius 3 is 2.70 bits per heavy atom. The molecule has 0 aliphatic heterocycles. The predicted molar refractivity (Wildman–Crippen MR) is 79.2 cm³/mol. The Labute approximate surface area is 127 Å². The molecule has 0 unspecified atom stereocenters. The van der Waals surface area contributed by atoms with Gasteiger partial charge in [0.05, 0.1) is 20.5 Å². The second-order valence-corrected chi connectivity index (χ2v) is 7.06. The second kappa shape index (κ2) is 5.37. The summed E-state index contributed by atoms with van der Waals surface area (Å²) in [6, 6.07) is 3.49. The highest BCUT2D eigenvalue weighted by atomic mass is 79.9. The van der Waals surface area contributed by atoms with E-state index in [2.05, 4.69) is 26.3 Å². The standard InChI is InChI=1S/C12H12BrN3O3S/c1-12(2,11(18)19)16-6-7(5-14-16)15-10(17)8-3-4-9(13)20-8/h3-6H,1-2H3,(H,15,17)(H,18,19). The number of carbonyl (C=O) groups excluding carboxylic acids is 1. The maximum atomic E-state index is 11.9. The van der Waals surface area contributed by atoms with Crippen molar-refractivity contribution in [3.05, 3.63) is 33.2 Å². The van der Waals surface area contributed by atoms with Gasteiger partial charge in [-0.05, 0) is 41.9 Å². The van der Waals surface area contributed by atoms with E-state index >= 15 is 0 Å². The van der Waals surface area contributed by atoms with Crippen LogP contribution in [0, 0.1) is 0 Å². The number of nitrogens with zero attached hydrogens (tertiary/aromatic N) is 2. The first-order chi connectivity index (χ1) is 9.30. The summed E-state index contributed by atoms with van der Waals surface area (Å²) in [4.78, 5) is 23.6. The molecule has 2 N–H and O–H groups in total. The van der Waals surface area contributed by atoms with Gasteiger partial charge < -0.3 is 10.4 Å². The van der Waals surface area contributed by atoms with Crippen LogP contribution in [0.3, 0.4) is 0 Å². The fourth-order valence-corrected chi connectivity index (χ4v) is 2.70. The summed E-state index contributed by atoms with van der Waals surface area (Å²) >= 11 is 4.60. The van der Waals surface area contributed by atoms with Gasteiger partial charge >= 0.3 is 5.97 Å². The Bertz CT molecular complexity index is 662. The van der Waals surface area contributed by atoms with Gasteiger partial charge in [-0.25, -0.2) is 4.79 Å². The molecule has 0 saturated heterocycles. The van der Waals surface area contributed by atoms with Gasteiger partial charge in [0.15, 0.2) is 5.54 Å². The van der Waals surface area contributed by atoms with E-state index in [-0.39, 0.29) is 5.91 Å². The molecule has 0 aliphatic rings. The highest BCUT2D eigenvalue weighted by molar-refractivity contribution is 9.11. The average Bonchev–Trinajstić information content (AvgIpc) is 2.98. The molecule has 0 spiro atoms. The molecule has 0 bridgehead atoms. The van der Waals surface area contributed by atoms with Crippen LogP contribution in [0.2, 0.25) is 0 Å². The summed E-state index contributed by atoms with van der Waals surface area (Å²) in [5.74, 6) is -1.26. The lowest BCUT2D eigenvalue weighted by Gasteiger charge is -2.19. The minimum absolute atomic E-state index is 0.256. The Kier molecular flexibility index (Phi) is 3.96. The lowest BCUT2D eigenvalue weighted by atomic mass is 10.1. The molecule has 0 aromatic carbocycles. The number of anilines is 1. The third-order valence-electron chi connectivity index (χ3n) is 2.73. The quantitative estimate of drug-likeness (QED) is 0.880. The van der Waals surface area contributed by atoms with Crippen molar-refractivity contribution in [2.24, 2.45) is 0 Å². The van der Waals surface area contributed by atoms with Gasteiger partial charge in [-0.15, -0.1) is 11.3 Å². The third kappa shape index (κ3) is 2.91. The molecule has 0 radical (unpaired) electrons. The summed E-state index contributed by atoms with van der Waals surface area (Å²) in [7, 11) is 0. The van der Waals surface area contributed by atoms with E-state index in [9.17, 15) is 9.59 Å². The van der Waals surface area contributed by atoms with Crippen LogP contribution < -0.4 is 5.32 Å². The maximum Gasteiger partial charge on any atom is 0.331 e. The van der Waals surface area contributed by atoms with Crippen LogP contribution in [0.1, 0.15) is 23.5 Å². The van der Waals surface area contributed by atoms with Gasteiger partial charge in [-0.2, -0.15) is 5.10 Å². The fourth-order valence-electron chi connectivity index (χ4n) is 1.42. The molecule has 20 heavy (non-hydrogen) atoms. The first-order valence-corrected chi connectivity index (χ1v) is 7.27. The lowest BCUT2D eigenvalue weighted by Crippen LogP contribution is -2.35. The second-order valence-electron chi connectivity index (χ2n) is 4.60. The summed E-state index contributed by atoms with van der Waals surface area (Å²) in [6.07, 6.45) is 2.92.